The molecule has 69 valence electrons. The second-order valence-electron chi connectivity index (χ2n) is 3.00. The van der Waals surface area contributed by atoms with Crippen molar-refractivity contribution in [2.75, 3.05) is 0 Å². The summed E-state index contributed by atoms with van der Waals surface area (Å²) in [4.78, 5) is 9.84. The SMILES string of the molecule is CCCC/C=C/CCCC[C]=O. The van der Waals surface area contributed by atoms with E-state index in [9.17, 15) is 4.79 Å². The maximum absolute atomic E-state index is 9.84. The van der Waals surface area contributed by atoms with Crippen LogP contribution in [-0.2, 0) is 4.79 Å². The predicted molar refractivity (Wildman–Crippen MR) is 52.8 cm³/mol. The molecule has 0 amide bonds. The molecule has 0 aliphatic carbocycles. The first-order chi connectivity index (χ1) is 5.91. The molecule has 0 saturated carbocycles. The minimum Gasteiger partial charge on any atom is -0.291 e. The monoisotopic (exact) mass is 167 g/mol. The van der Waals surface area contributed by atoms with Crippen molar-refractivity contribution in [2.24, 2.45) is 0 Å². The number of allylic oxidation sites excluding steroid dienone is 2. The first-order valence-corrected chi connectivity index (χ1v) is 4.91. The first-order valence-electron chi connectivity index (χ1n) is 4.91. The van der Waals surface area contributed by atoms with Gasteiger partial charge in [0.1, 0.15) is 0 Å². The van der Waals surface area contributed by atoms with Crippen molar-refractivity contribution in [1.82, 2.24) is 0 Å². The Morgan fingerprint density at radius 1 is 1.08 bits per heavy atom. The zero-order valence-corrected chi connectivity index (χ0v) is 8.01. The summed E-state index contributed by atoms with van der Waals surface area (Å²) in [7, 11) is 0. The van der Waals surface area contributed by atoms with Gasteiger partial charge in [0.2, 0.25) is 0 Å². The average Bonchev–Trinajstić information content (AvgIpc) is 2.10. The summed E-state index contributed by atoms with van der Waals surface area (Å²) < 4.78 is 0. The zero-order valence-electron chi connectivity index (χ0n) is 8.01. The maximum atomic E-state index is 9.84. The van der Waals surface area contributed by atoms with Crippen molar-refractivity contribution in [3.63, 3.8) is 0 Å². The Morgan fingerprint density at radius 2 is 1.75 bits per heavy atom. The molecular formula is C11H19O. The summed E-state index contributed by atoms with van der Waals surface area (Å²) in [6.45, 7) is 2.20. The van der Waals surface area contributed by atoms with E-state index in [1.807, 2.05) is 6.29 Å². The van der Waals surface area contributed by atoms with Crippen LogP contribution in [0.2, 0.25) is 0 Å². The van der Waals surface area contributed by atoms with E-state index in [0.717, 1.165) is 19.3 Å². The molecule has 0 N–H and O–H groups in total. The number of rotatable bonds is 8. The van der Waals surface area contributed by atoms with E-state index >= 15 is 0 Å². The summed E-state index contributed by atoms with van der Waals surface area (Å²) in [6, 6.07) is 0. The van der Waals surface area contributed by atoms with Gasteiger partial charge in [-0.2, -0.15) is 0 Å². The van der Waals surface area contributed by atoms with E-state index in [0.29, 0.717) is 6.42 Å². The first kappa shape index (κ1) is 11.4. The van der Waals surface area contributed by atoms with Crippen molar-refractivity contribution in [3.05, 3.63) is 12.2 Å². The highest BCUT2D eigenvalue weighted by molar-refractivity contribution is 5.50. The van der Waals surface area contributed by atoms with Crippen LogP contribution in [0.3, 0.4) is 0 Å². The van der Waals surface area contributed by atoms with Crippen LogP contribution >= 0.6 is 0 Å². The molecule has 1 heteroatoms. The summed E-state index contributed by atoms with van der Waals surface area (Å²) >= 11 is 0. The molecular weight excluding hydrogens is 148 g/mol. The van der Waals surface area contributed by atoms with Crippen LogP contribution in [-0.4, -0.2) is 6.29 Å². The quantitative estimate of drug-likeness (QED) is 0.400. The molecule has 0 unspecified atom stereocenters. The zero-order chi connectivity index (χ0) is 9.07. The van der Waals surface area contributed by atoms with Crippen molar-refractivity contribution in [1.29, 1.82) is 0 Å². The molecule has 1 nitrogen and oxygen atoms in total. The number of hydrogen-bond donors (Lipinski definition) is 0. The molecule has 0 bridgehead atoms. The summed E-state index contributed by atoms with van der Waals surface area (Å²) in [5, 5.41) is 0. The van der Waals surface area contributed by atoms with Crippen LogP contribution in [0.1, 0.15) is 51.9 Å². The van der Waals surface area contributed by atoms with Crippen LogP contribution in [0.5, 0.6) is 0 Å². The van der Waals surface area contributed by atoms with Gasteiger partial charge in [-0.1, -0.05) is 31.9 Å². The van der Waals surface area contributed by atoms with Crippen LogP contribution in [0.25, 0.3) is 0 Å². The van der Waals surface area contributed by atoms with Gasteiger partial charge in [-0.3, -0.25) is 4.79 Å². The van der Waals surface area contributed by atoms with Gasteiger partial charge in [0.05, 0.1) is 0 Å². The van der Waals surface area contributed by atoms with Crippen LogP contribution in [0, 0.1) is 0 Å². The fourth-order valence-corrected chi connectivity index (χ4v) is 1.02. The van der Waals surface area contributed by atoms with Gasteiger partial charge < -0.3 is 0 Å². The molecule has 0 fully saturated rings. The third kappa shape index (κ3) is 9.41. The molecule has 0 heterocycles. The van der Waals surface area contributed by atoms with E-state index in [2.05, 4.69) is 19.1 Å². The highest BCUT2D eigenvalue weighted by Crippen LogP contribution is 2.01. The third-order valence-corrected chi connectivity index (χ3v) is 1.79. The standard InChI is InChI=1S/C11H19O/c1-2-3-4-5-6-7-8-9-10-11-12/h5-6H,2-4,7-10H2,1H3/b6-5+. The Balaban J connectivity index is 2.97. The van der Waals surface area contributed by atoms with Gasteiger partial charge >= 0.3 is 0 Å². The largest absolute Gasteiger partial charge is 0.291 e. The fraction of sp³-hybridized carbons (Fsp3) is 0.727. The normalized spacial score (nSPS) is 10.8. The number of hydrogen-bond acceptors (Lipinski definition) is 1. The Bertz CT molecular complexity index is 116. The molecule has 0 aromatic carbocycles. The molecule has 1 radical (unpaired) electrons. The summed E-state index contributed by atoms with van der Waals surface area (Å²) in [6.07, 6.45) is 14.0. The molecule has 0 aromatic rings. The van der Waals surface area contributed by atoms with Gasteiger partial charge in [-0.05, 0) is 25.7 Å². The molecule has 0 saturated heterocycles. The van der Waals surface area contributed by atoms with E-state index in [1.165, 1.54) is 19.3 Å². The predicted octanol–water partition coefficient (Wildman–Crippen LogP) is 3.40. The Kier molecular flexibility index (Phi) is 9.90. The lowest BCUT2D eigenvalue weighted by Gasteiger charge is -1.91. The van der Waals surface area contributed by atoms with Crippen molar-refractivity contribution in [3.8, 4) is 0 Å². The van der Waals surface area contributed by atoms with Crippen LogP contribution in [0.15, 0.2) is 12.2 Å². The second-order valence-corrected chi connectivity index (χ2v) is 3.00. The van der Waals surface area contributed by atoms with Crippen LogP contribution in [0.4, 0.5) is 0 Å². The maximum Gasteiger partial charge on any atom is 0.198 e. The fourth-order valence-electron chi connectivity index (χ4n) is 1.02. The highest BCUT2D eigenvalue weighted by Gasteiger charge is 1.84. The van der Waals surface area contributed by atoms with E-state index in [1.54, 1.807) is 0 Å². The number of carbonyl (C=O) groups excluding carboxylic acids is 1. The second kappa shape index (κ2) is 10.4. The number of unbranched alkanes of at least 4 members (excludes halogenated alkanes) is 5. The molecule has 0 rings (SSSR count). The van der Waals surface area contributed by atoms with Gasteiger partial charge in [-0.15, -0.1) is 0 Å². The van der Waals surface area contributed by atoms with E-state index < -0.39 is 0 Å². The molecule has 0 spiro atoms. The van der Waals surface area contributed by atoms with Crippen molar-refractivity contribution < 1.29 is 4.79 Å². The topological polar surface area (TPSA) is 17.1 Å². The van der Waals surface area contributed by atoms with E-state index in [4.69, 9.17) is 0 Å². The van der Waals surface area contributed by atoms with Gasteiger partial charge in [0, 0.05) is 6.42 Å². The van der Waals surface area contributed by atoms with Crippen molar-refractivity contribution in [2.45, 2.75) is 51.9 Å². The Morgan fingerprint density at radius 3 is 2.33 bits per heavy atom. The molecule has 0 atom stereocenters. The van der Waals surface area contributed by atoms with Gasteiger partial charge in [0.25, 0.3) is 0 Å². The smallest absolute Gasteiger partial charge is 0.198 e. The molecule has 0 aliphatic rings. The minimum absolute atomic E-state index is 0.600. The Labute approximate surface area is 75.9 Å². The molecule has 12 heavy (non-hydrogen) atoms. The Hall–Kier alpha value is -0.590. The van der Waals surface area contributed by atoms with Crippen molar-refractivity contribution >= 4 is 6.29 Å². The lowest BCUT2D eigenvalue weighted by molar-refractivity contribution is 0.547. The molecule has 0 aliphatic heterocycles. The molecule has 0 aromatic heterocycles. The van der Waals surface area contributed by atoms with Gasteiger partial charge in [0.15, 0.2) is 6.29 Å². The summed E-state index contributed by atoms with van der Waals surface area (Å²) in [5.74, 6) is 0. The van der Waals surface area contributed by atoms with E-state index in [-0.39, 0.29) is 0 Å². The lowest BCUT2D eigenvalue weighted by atomic mass is 10.2. The lowest BCUT2D eigenvalue weighted by Crippen LogP contribution is -1.76. The van der Waals surface area contributed by atoms with Gasteiger partial charge in [-0.25, -0.2) is 0 Å². The summed E-state index contributed by atoms with van der Waals surface area (Å²) in [5.41, 5.74) is 0. The minimum atomic E-state index is 0.600. The average molecular weight is 167 g/mol. The highest BCUT2D eigenvalue weighted by atomic mass is 16.1. The third-order valence-electron chi connectivity index (χ3n) is 1.79. The van der Waals surface area contributed by atoms with Crippen LogP contribution < -0.4 is 0 Å².